The molecule has 0 rings (SSSR count). The number of unbranched alkanes of at least 4 members (excludes halogenated alkanes) is 13. The lowest BCUT2D eigenvalue weighted by Gasteiger charge is -2.25. The summed E-state index contributed by atoms with van der Waals surface area (Å²) in [6, 6.07) is -0.848. The molecule has 0 bridgehead atoms. The number of hydrogen-bond acceptors (Lipinski definition) is 5. The molecule has 0 heterocycles. The van der Waals surface area contributed by atoms with Crippen LogP contribution < -0.4 is 5.32 Å². The molecule has 0 aromatic carbocycles. The summed E-state index contributed by atoms with van der Waals surface area (Å²) in [5.41, 5.74) is 0. The summed E-state index contributed by atoms with van der Waals surface area (Å²) in [5.74, 6) is -0.195. The Balaban J connectivity index is 4.46. The van der Waals surface area contributed by atoms with E-state index in [2.05, 4.69) is 55.6 Å². The van der Waals surface area contributed by atoms with Gasteiger partial charge in [-0.15, -0.1) is 0 Å². The molecule has 9 heteroatoms. The van der Waals surface area contributed by atoms with Crippen molar-refractivity contribution in [3.8, 4) is 0 Å². The topological polar surface area (TPSA) is 105 Å². The normalized spacial score (nSPS) is 15.3. The van der Waals surface area contributed by atoms with Crippen LogP contribution in [0.1, 0.15) is 136 Å². The number of rotatable bonds is 32. The van der Waals surface area contributed by atoms with Crippen LogP contribution in [0.15, 0.2) is 48.6 Å². The smallest absolute Gasteiger partial charge is 0.387 e. The van der Waals surface area contributed by atoms with Gasteiger partial charge in [0.15, 0.2) is 0 Å². The molecule has 3 N–H and O–H groups in total. The Morgan fingerprint density at radius 1 is 0.745 bits per heavy atom. The van der Waals surface area contributed by atoms with E-state index in [1.54, 1.807) is 6.08 Å². The molecule has 47 heavy (non-hydrogen) atoms. The first-order valence-electron chi connectivity index (χ1n) is 18.5. The van der Waals surface area contributed by atoms with Gasteiger partial charge in [0, 0.05) is 6.42 Å². The second kappa shape index (κ2) is 30.5. The molecule has 0 saturated carbocycles. The van der Waals surface area contributed by atoms with E-state index in [-0.39, 0.29) is 19.1 Å². The third-order valence-corrected chi connectivity index (χ3v) is 8.79. The van der Waals surface area contributed by atoms with Gasteiger partial charge in [-0.25, -0.2) is 4.57 Å². The number of allylic oxidation sites excluding steroid dienone is 7. The van der Waals surface area contributed by atoms with Gasteiger partial charge < -0.3 is 19.8 Å². The Morgan fingerprint density at radius 2 is 1.28 bits per heavy atom. The van der Waals surface area contributed by atoms with Gasteiger partial charge in [-0.05, 0) is 51.4 Å². The van der Waals surface area contributed by atoms with Crippen molar-refractivity contribution in [2.45, 2.75) is 148 Å². The molecule has 0 spiro atoms. The standard InChI is InChI=1S/C38H71N2O6P/c1-6-8-10-12-14-16-17-18-19-20-21-22-23-24-26-28-30-32-38(42)39-36(35-46-47(43,44)45-34-33-40(3,4)5)37(41)31-29-27-25-15-13-11-9-7-2/h8,10,14,16,18-19,29,31,36-37,41H,6-7,9,11-13,15,17,20-28,30,32-35H2,1-5H3,(H-,39,42,43,44)/p+1/b10-8-,16-14-,19-18-,31-29+. The third kappa shape index (κ3) is 32.8. The number of quaternary nitrogens is 1. The first kappa shape index (κ1) is 45.5. The van der Waals surface area contributed by atoms with Crippen molar-refractivity contribution in [3.63, 3.8) is 0 Å². The summed E-state index contributed by atoms with van der Waals surface area (Å²) in [5, 5.41) is 13.7. The maximum Gasteiger partial charge on any atom is 0.472 e. The number of likely N-dealkylation sites (N-methyl/N-ethyl adjacent to an activating group) is 1. The first-order valence-corrected chi connectivity index (χ1v) is 20.0. The fourth-order valence-corrected chi connectivity index (χ4v) is 5.55. The number of aliphatic hydroxyl groups is 1. The van der Waals surface area contributed by atoms with Crippen LogP contribution in [0.4, 0.5) is 0 Å². The predicted octanol–water partition coefficient (Wildman–Crippen LogP) is 9.35. The highest BCUT2D eigenvalue weighted by molar-refractivity contribution is 7.47. The Bertz CT molecular complexity index is 912. The minimum atomic E-state index is -4.33. The van der Waals surface area contributed by atoms with Gasteiger partial charge in [0.05, 0.1) is 39.9 Å². The Labute approximate surface area is 289 Å². The van der Waals surface area contributed by atoms with Crippen LogP contribution in [-0.2, 0) is 18.4 Å². The van der Waals surface area contributed by atoms with Gasteiger partial charge in [0.25, 0.3) is 0 Å². The molecule has 0 fully saturated rings. The molecule has 3 unspecified atom stereocenters. The summed E-state index contributed by atoms with van der Waals surface area (Å²) in [4.78, 5) is 22.9. The van der Waals surface area contributed by atoms with Crippen LogP contribution in [-0.4, -0.2) is 73.4 Å². The lowest BCUT2D eigenvalue weighted by Crippen LogP contribution is -2.45. The van der Waals surface area contributed by atoms with Crippen molar-refractivity contribution < 1.29 is 32.9 Å². The maximum atomic E-state index is 12.7. The average molecular weight is 684 g/mol. The molecule has 0 aliphatic rings. The third-order valence-electron chi connectivity index (χ3n) is 7.80. The van der Waals surface area contributed by atoms with Gasteiger partial charge in [-0.3, -0.25) is 13.8 Å². The predicted molar refractivity (Wildman–Crippen MR) is 198 cm³/mol. The number of carbonyl (C=O) groups excluding carboxylic acids is 1. The molecule has 0 aliphatic heterocycles. The fourth-order valence-electron chi connectivity index (χ4n) is 4.82. The average Bonchev–Trinajstić information content (AvgIpc) is 3.01. The number of phosphoric ester groups is 1. The second-order valence-electron chi connectivity index (χ2n) is 13.6. The van der Waals surface area contributed by atoms with Gasteiger partial charge in [0.1, 0.15) is 13.2 Å². The zero-order valence-corrected chi connectivity index (χ0v) is 31.6. The van der Waals surface area contributed by atoms with Gasteiger partial charge in [-0.2, -0.15) is 0 Å². The molecular formula is C38H72N2O6P+. The van der Waals surface area contributed by atoms with E-state index < -0.39 is 20.0 Å². The van der Waals surface area contributed by atoms with Crippen molar-refractivity contribution >= 4 is 13.7 Å². The van der Waals surface area contributed by atoms with Crippen molar-refractivity contribution in [3.05, 3.63) is 48.6 Å². The van der Waals surface area contributed by atoms with Crippen molar-refractivity contribution in [2.24, 2.45) is 0 Å². The molecule has 0 aromatic heterocycles. The van der Waals surface area contributed by atoms with Crippen LogP contribution in [0.3, 0.4) is 0 Å². The number of carbonyl (C=O) groups is 1. The lowest BCUT2D eigenvalue weighted by atomic mass is 10.1. The number of aliphatic hydroxyl groups excluding tert-OH is 1. The first-order chi connectivity index (χ1) is 22.5. The lowest BCUT2D eigenvalue weighted by molar-refractivity contribution is -0.870. The highest BCUT2D eigenvalue weighted by Crippen LogP contribution is 2.43. The summed E-state index contributed by atoms with van der Waals surface area (Å²) >= 11 is 0. The number of phosphoric acid groups is 1. The number of amides is 1. The molecule has 1 amide bonds. The highest BCUT2D eigenvalue weighted by Gasteiger charge is 2.27. The summed E-state index contributed by atoms with van der Waals surface area (Å²) in [7, 11) is 1.55. The Morgan fingerprint density at radius 3 is 1.87 bits per heavy atom. The van der Waals surface area contributed by atoms with E-state index in [0.717, 1.165) is 70.6 Å². The largest absolute Gasteiger partial charge is 0.472 e. The van der Waals surface area contributed by atoms with Crippen molar-refractivity contribution in [1.82, 2.24) is 5.32 Å². The quantitative estimate of drug-likeness (QED) is 0.0283. The second-order valence-corrected chi connectivity index (χ2v) is 15.0. The monoisotopic (exact) mass is 684 g/mol. The molecule has 0 radical (unpaired) electrons. The minimum Gasteiger partial charge on any atom is -0.387 e. The van der Waals surface area contributed by atoms with Crippen molar-refractivity contribution in [1.29, 1.82) is 0 Å². The molecule has 274 valence electrons. The van der Waals surface area contributed by atoms with E-state index in [1.807, 2.05) is 27.2 Å². The molecule has 0 aromatic rings. The minimum absolute atomic E-state index is 0.0571. The SMILES string of the molecule is CC/C=C\C/C=C\C/C=C\CCCCCCCCCC(=O)NC(COP(=O)(O)OCC[N+](C)(C)C)C(O)/C=C/CCCCCCCC. The van der Waals surface area contributed by atoms with Crippen molar-refractivity contribution in [2.75, 3.05) is 40.9 Å². The van der Waals surface area contributed by atoms with Crippen LogP contribution in [0.5, 0.6) is 0 Å². The fraction of sp³-hybridized carbons (Fsp3) is 0.763. The van der Waals surface area contributed by atoms with Crippen LogP contribution in [0.25, 0.3) is 0 Å². The van der Waals surface area contributed by atoms with Crippen LogP contribution >= 0.6 is 7.82 Å². The molecule has 0 aliphatic carbocycles. The Hall–Kier alpha value is -1.54. The number of hydrogen-bond donors (Lipinski definition) is 3. The number of nitrogens with zero attached hydrogens (tertiary/aromatic N) is 1. The highest BCUT2D eigenvalue weighted by atomic mass is 31.2. The van der Waals surface area contributed by atoms with Crippen LogP contribution in [0, 0.1) is 0 Å². The summed E-state index contributed by atoms with van der Waals surface area (Å²) in [6.07, 6.45) is 36.1. The van der Waals surface area contributed by atoms with E-state index in [1.165, 1.54) is 44.9 Å². The van der Waals surface area contributed by atoms with E-state index in [0.29, 0.717) is 17.4 Å². The molecule has 8 nitrogen and oxygen atoms in total. The zero-order chi connectivity index (χ0) is 35.1. The van der Waals surface area contributed by atoms with E-state index >= 15 is 0 Å². The van der Waals surface area contributed by atoms with Crippen LogP contribution in [0.2, 0.25) is 0 Å². The maximum absolute atomic E-state index is 12.7. The van der Waals surface area contributed by atoms with Gasteiger partial charge in [-0.1, -0.05) is 127 Å². The van der Waals surface area contributed by atoms with Gasteiger partial charge >= 0.3 is 7.82 Å². The summed E-state index contributed by atoms with van der Waals surface area (Å²) < 4.78 is 23.4. The van der Waals surface area contributed by atoms with Gasteiger partial charge in [0.2, 0.25) is 5.91 Å². The molecule has 3 atom stereocenters. The molecular weight excluding hydrogens is 611 g/mol. The number of nitrogens with one attached hydrogen (secondary N) is 1. The Kier molecular flexibility index (Phi) is 29.5. The molecule has 0 saturated heterocycles. The van der Waals surface area contributed by atoms with E-state index in [4.69, 9.17) is 9.05 Å². The van der Waals surface area contributed by atoms with E-state index in [9.17, 15) is 19.4 Å². The summed E-state index contributed by atoms with van der Waals surface area (Å²) in [6.45, 7) is 4.62. The zero-order valence-electron chi connectivity index (χ0n) is 30.8.